The van der Waals surface area contributed by atoms with E-state index in [9.17, 15) is 8.78 Å². The number of rotatable bonds is 5. The molecule has 0 aliphatic heterocycles. The molecule has 0 spiro atoms. The van der Waals surface area contributed by atoms with E-state index < -0.39 is 11.6 Å². The molecule has 0 fully saturated rings. The van der Waals surface area contributed by atoms with Gasteiger partial charge >= 0.3 is 0 Å². The molecule has 1 aromatic heterocycles. The molecule has 0 saturated carbocycles. The molecule has 1 atom stereocenters. The third-order valence-electron chi connectivity index (χ3n) is 2.82. The standard InChI is InChI=1S/C14H15F2N3/c1-2-18-13(14-9-17-5-6-19-14)8-10-7-11(15)3-4-12(10)16/h3-7,9,13,18H,2,8H2,1H3. The molecule has 0 bridgehead atoms. The molecule has 0 amide bonds. The van der Waals surface area contributed by atoms with Crippen LogP contribution in [-0.2, 0) is 6.42 Å². The van der Waals surface area contributed by atoms with E-state index in [1.165, 1.54) is 6.07 Å². The molecule has 1 aromatic carbocycles. The van der Waals surface area contributed by atoms with Crippen LogP contribution in [0.4, 0.5) is 8.78 Å². The first kappa shape index (κ1) is 13.5. The van der Waals surface area contributed by atoms with Gasteiger partial charge in [-0.1, -0.05) is 6.92 Å². The average molecular weight is 263 g/mol. The summed E-state index contributed by atoms with van der Waals surface area (Å²) in [5.74, 6) is -0.848. The van der Waals surface area contributed by atoms with Gasteiger partial charge in [0.25, 0.3) is 0 Å². The molecule has 1 unspecified atom stereocenters. The van der Waals surface area contributed by atoms with Crippen LogP contribution in [0, 0.1) is 11.6 Å². The van der Waals surface area contributed by atoms with E-state index in [2.05, 4.69) is 15.3 Å². The van der Waals surface area contributed by atoms with Gasteiger partial charge in [0.15, 0.2) is 0 Å². The van der Waals surface area contributed by atoms with Crippen molar-refractivity contribution >= 4 is 0 Å². The summed E-state index contributed by atoms with van der Waals surface area (Å²) in [7, 11) is 0. The Balaban J connectivity index is 2.24. The Morgan fingerprint density at radius 1 is 1.26 bits per heavy atom. The summed E-state index contributed by atoms with van der Waals surface area (Å²) >= 11 is 0. The Kier molecular flexibility index (Phi) is 4.52. The average Bonchev–Trinajstić information content (AvgIpc) is 2.43. The van der Waals surface area contributed by atoms with E-state index in [0.717, 1.165) is 12.1 Å². The summed E-state index contributed by atoms with van der Waals surface area (Å²) in [6.07, 6.45) is 5.12. The zero-order valence-corrected chi connectivity index (χ0v) is 10.6. The molecule has 0 aliphatic carbocycles. The Morgan fingerprint density at radius 3 is 2.79 bits per heavy atom. The molecule has 100 valence electrons. The Morgan fingerprint density at radius 2 is 2.11 bits per heavy atom. The summed E-state index contributed by atoms with van der Waals surface area (Å²) in [6, 6.07) is 3.29. The number of aromatic nitrogens is 2. The number of benzene rings is 1. The van der Waals surface area contributed by atoms with Crippen molar-refractivity contribution < 1.29 is 8.78 Å². The van der Waals surface area contributed by atoms with Crippen LogP contribution in [0.3, 0.4) is 0 Å². The molecule has 0 aliphatic rings. The van der Waals surface area contributed by atoms with Crippen LogP contribution in [-0.4, -0.2) is 16.5 Å². The zero-order valence-electron chi connectivity index (χ0n) is 10.6. The van der Waals surface area contributed by atoms with Crippen molar-refractivity contribution in [2.75, 3.05) is 6.54 Å². The van der Waals surface area contributed by atoms with Crippen LogP contribution in [0.5, 0.6) is 0 Å². The summed E-state index contributed by atoms with van der Waals surface area (Å²) in [5.41, 5.74) is 1.05. The molecule has 2 rings (SSSR count). The summed E-state index contributed by atoms with van der Waals surface area (Å²) in [5, 5.41) is 3.20. The topological polar surface area (TPSA) is 37.8 Å². The zero-order chi connectivity index (χ0) is 13.7. The minimum absolute atomic E-state index is 0.185. The summed E-state index contributed by atoms with van der Waals surface area (Å²) < 4.78 is 26.8. The van der Waals surface area contributed by atoms with Crippen molar-refractivity contribution in [3.63, 3.8) is 0 Å². The maximum absolute atomic E-state index is 13.7. The molecule has 2 aromatic rings. The van der Waals surface area contributed by atoms with Crippen molar-refractivity contribution in [1.29, 1.82) is 0 Å². The Hall–Kier alpha value is -1.88. The van der Waals surface area contributed by atoms with Crippen LogP contribution in [0.2, 0.25) is 0 Å². The van der Waals surface area contributed by atoms with Gasteiger partial charge in [-0.15, -0.1) is 0 Å². The van der Waals surface area contributed by atoms with E-state index in [0.29, 0.717) is 24.2 Å². The van der Waals surface area contributed by atoms with Crippen LogP contribution in [0.1, 0.15) is 24.2 Å². The van der Waals surface area contributed by atoms with Gasteiger partial charge in [0.1, 0.15) is 11.6 Å². The summed E-state index contributed by atoms with van der Waals surface area (Å²) in [4.78, 5) is 8.20. The van der Waals surface area contributed by atoms with Gasteiger partial charge in [0, 0.05) is 18.6 Å². The van der Waals surface area contributed by atoms with Gasteiger partial charge in [-0.2, -0.15) is 0 Å². The van der Waals surface area contributed by atoms with Crippen LogP contribution < -0.4 is 5.32 Å². The first-order valence-electron chi connectivity index (χ1n) is 6.14. The van der Waals surface area contributed by atoms with Gasteiger partial charge in [-0.25, -0.2) is 8.78 Å². The first-order valence-corrected chi connectivity index (χ1v) is 6.14. The molecule has 3 nitrogen and oxygen atoms in total. The van der Waals surface area contributed by atoms with E-state index in [4.69, 9.17) is 0 Å². The quantitative estimate of drug-likeness (QED) is 0.901. The minimum Gasteiger partial charge on any atom is -0.309 e. The van der Waals surface area contributed by atoms with E-state index in [-0.39, 0.29) is 6.04 Å². The number of hydrogen-bond donors (Lipinski definition) is 1. The fourth-order valence-electron chi connectivity index (χ4n) is 1.94. The lowest BCUT2D eigenvalue weighted by Crippen LogP contribution is -2.24. The van der Waals surface area contributed by atoms with Gasteiger partial charge in [-0.3, -0.25) is 9.97 Å². The van der Waals surface area contributed by atoms with Crippen molar-refractivity contribution in [1.82, 2.24) is 15.3 Å². The third-order valence-corrected chi connectivity index (χ3v) is 2.82. The molecular weight excluding hydrogens is 248 g/mol. The Bertz CT molecular complexity index is 531. The molecule has 5 heteroatoms. The predicted molar refractivity (Wildman–Crippen MR) is 68.5 cm³/mol. The van der Waals surface area contributed by atoms with E-state index in [1.807, 2.05) is 6.92 Å². The maximum Gasteiger partial charge on any atom is 0.126 e. The van der Waals surface area contributed by atoms with Crippen molar-refractivity contribution in [3.05, 3.63) is 59.7 Å². The molecule has 0 radical (unpaired) electrons. The highest BCUT2D eigenvalue weighted by atomic mass is 19.1. The monoisotopic (exact) mass is 263 g/mol. The number of likely N-dealkylation sites (N-methyl/N-ethyl adjacent to an activating group) is 1. The van der Waals surface area contributed by atoms with Gasteiger partial charge in [-0.05, 0) is 36.7 Å². The smallest absolute Gasteiger partial charge is 0.126 e. The lowest BCUT2D eigenvalue weighted by atomic mass is 10.0. The molecular formula is C14H15F2N3. The van der Waals surface area contributed by atoms with Gasteiger partial charge in [0.2, 0.25) is 0 Å². The van der Waals surface area contributed by atoms with Gasteiger partial charge < -0.3 is 5.32 Å². The molecule has 1 heterocycles. The summed E-state index contributed by atoms with van der Waals surface area (Å²) in [6.45, 7) is 2.66. The fraction of sp³-hybridized carbons (Fsp3) is 0.286. The largest absolute Gasteiger partial charge is 0.309 e. The van der Waals surface area contributed by atoms with Crippen LogP contribution >= 0.6 is 0 Å². The SMILES string of the molecule is CCNC(Cc1cc(F)ccc1F)c1cnccn1. The number of nitrogens with one attached hydrogen (secondary N) is 1. The second-order valence-electron chi connectivity index (χ2n) is 4.18. The first-order chi connectivity index (χ1) is 9.20. The Labute approximate surface area is 110 Å². The number of hydrogen-bond acceptors (Lipinski definition) is 3. The highest BCUT2D eigenvalue weighted by Crippen LogP contribution is 2.19. The third kappa shape index (κ3) is 3.54. The molecule has 19 heavy (non-hydrogen) atoms. The molecule has 1 N–H and O–H groups in total. The van der Waals surface area contributed by atoms with Crippen molar-refractivity contribution in [2.45, 2.75) is 19.4 Å². The van der Waals surface area contributed by atoms with Crippen LogP contribution in [0.15, 0.2) is 36.8 Å². The maximum atomic E-state index is 13.7. The van der Waals surface area contributed by atoms with Crippen LogP contribution in [0.25, 0.3) is 0 Å². The second-order valence-corrected chi connectivity index (χ2v) is 4.18. The highest BCUT2D eigenvalue weighted by Gasteiger charge is 2.15. The highest BCUT2D eigenvalue weighted by molar-refractivity contribution is 5.21. The lowest BCUT2D eigenvalue weighted by Gasteiger charge is -2.17. The lowest BCUT2D eigenvalue weighted by molar-refractivity contribution is 0.511. The van der Waals surface area contributed by atoms with Gasteiger partial charge in [0.05, 0.1) is 11.7 Å². The minimum atomic E-state index is -0.439. The second kappa shape index (κ2) is 6.33. The predicted octanol–water partition coefficient (Wildman–Crippen LogP) is 2.65. The van der Waals surface area contributed by atoms with Crippen molar-refractivity contribution in [3.8, 4) is 0 Å². The van der Waals surface area contributed by atoms with Crippen molar-refractivity contribution in [2.24, 2.45) is 0 Å². The number of halogens is 2. The number of nitrogens with zero attached hydrogens (tertiary/aromatic N) is 2. The molecule has 0 saturated heterocycles. The fourth-order valence-corrected chi connectivity index (χ4v) is 1.94. The van der Waals surface area contributed by atoms with E-state index >= 15 is 0 Å². The normalized spacial score (nSPS) is 12.4. The van der Waals surface area contributed by atoms with E-state index in [1.54, 1.807) is 18.6 Å².